The first-order valence-electron chi connectivity index (χ1n) is 9.49. The summed E-state index contributed by atoms with van der Waals surface area (Å²) >= 11 is 0. The molecule has 0 saturated carbocycles. The highest BCUT2D eigenvalue weighted by atomic mass is 16.5. The van der Waals surface area contributed by atoms with Gasteiger partial charge in [-0.05, 0) is 38.1 Å². The lowest BCUT2D eigenvalue weighted by Crippen LogP contribution is -2.54. The molecule has 1 aliphatic rings. The molecule has 29 heavy (non-hydrogen) atoms. The molecule has 4 rings (SSSR count). The molecule has 9 heteroatoms. The van der Waals surface area contributed by atoms with E-state index in [1.807, 2.05) is 6.07 Å². The SMILES string of the molecule is COc1ncc2c(N3C[C@@H](C)N[C@@H](C)C3)ccc(C(=O)Nc3cccnn3)c2n1. The first kappa shape index (κ1) is 19.0. The Hall–Kier alpha value is -3.33. The third kappa shape index (κ3) is 3.95. The number of ether oxygens (including phenoxy) is 1. The van der Waals surface area contributed by atoms with Crippen molar-refractivity contribution >= 4 is 28.3 Å². The van der Waals surface area contributed by atoms with Gasteiger partial charge in [-0.2, -0.15) is 10.1 Å². The van der Waals surface area contributed by atoms with E-state index in [2.05, 4.69) is 49.5 Å². The Balaban J connectivity index is 1.77. The van der Waals surface area contributed by atoms with E-state index in [0.29, 0.717) is 29.0 Å². The van der Waals surface area contributed by atoms with Crippen LogP contribution in [0.15, 0.2) is 36.7 Å². The van der Waals surface area contributed by atoms with Crippen LogP contribution < -0.4 is 20.3 Å². The number of fused-ring (bicyclic) bond motifs is 1. The third-order valence-electron chi connectivity index (χ3n) is 4.84. The zero-order valence-corrected chi connectivity index (χ0v) is 16.6. The maximum absolute atomic E-state index is 12.9. The van der Waals surface area contributed by atoms with Gasteiger partial charge >= 0.3 is 6.01 Å². The minimum atomic E-state index is -0.315. The topological polar surface area (TPSA) is 105 Å². The average molecular weight is 393 g/mol. The van der Waals surface area contributed by atoms with Crippen LogP contribution in [0.3, 0.4) is 0 Å². The van der Waals surface area contributed by atoms with E-state index in [0.717, 1.165) is 24.2 Å². The zero-order chi connectivity index (χ0) is 20.4. The molecule has 0 radical (unpaired) electrons. The molecule has 9 nitrogen and oxygen atoms in total. The maximum atomic E-state index is 12.9. The summed E-state index contributed by atoms with van der Waals surface area (Å²) in [7, 11) is 1.50. The monoisotopic (exact) mass is 393 g/mol. The number of anilines is 2. The van der Waals surface area contributed by atoms with Crippen molar-refractivity contribution in [3.63, 3.8) is 0 Å². The summed E-state index contributed by atoms with van der Waals surface area (Å²) in [5.41, 5.74) is 1.96. The molecule has 2 N–H and O–H groups in total. The lowest BCUT2D eigenvalue weighted by atomic mass is 10.0. The molecule has 150 valence electrons. The van der Waals surface area contributed by atoms with Crippen LogP contribution in [0.4, 0.5) is 11.5 Å². The Morgan fingerprint density at radius 2 is 2.03 bits per heavy atom. The van der Waals surface area contributed by atoms with Crippen LogP contribution in [-0.2, 0) is 0 Å². The smallest absolute Gasteiger partial charge is 0.316 e. The zero-order valence-electron chi connectivity index (χ0n) is 16.6. The number of benzene rings is 1. The fourth-order valence-corrected chi connectivity index (χ4v) is 3.72. The summed E-state index contributed by atoms with van der Waals surface area (Å²) in [6.07, 6.45) is 3.26. The number of aromatic nitrogens is 4. The second-order valence-electron chi connectivity index (χ2n) is 7.19. The van der Waals surface area contributed by atoms with E-state index >= 15 is 0 Å². The van der Waals surface area contributed by atoms with E-state index in [9.17, 15) is 4.79 Å². The van der Waals surface area contributed by atoms with Crippen LogP contribution in [-0.4, -0.2) is 58.4 Å². The number of nitrogens with zero attached hydrogens (tertiary/aromatic N) is 5. The van der Waals surface area contributed by atoms with Gasteiger partial charge in [0, 0.05) is 48.6 Å². The van der Waals surface area contributed by atoms with Crippen LogP contribution in [0.25, 0.3) is 10.9 Å². The van der Waals surface area contributed by atoms with Crippen LogP contribution in [0.2, 0.25) is 0 Å². The van der Waals surface area contributed by atoms with Gasteiger partial charge in [0.1, 0.15) is 0 Å². The Morgan fingerprint density at radius 3 is 2.72 bits per heavy atom. The van der Waals surface area contributed by atoms with Crippen LogP contribution in [0, 0.1) is 0 Å². The van der Waals surface area contributed by atoms with Gasteiger partial charge < -0.3 is 20.3 Å². The second kappa shape index (κ2) is 7.96. The third-order valence-corrected chi connectivity index (χ3v) is 4.84. The van der Waals surface area contributed by atoms with Crippen molar-refractivity contribution in [3.05, 3.63) is 42.2 Å². The Bertz CT molecular complexity index is 1020. The van der Waals surface area contributed by atoms with Gasteiger partial charge in [0.25, 0.3) is 5.91 Å². The van der Waals surface area contributed by atoms with E-state index < -0.39 is 0 Å². The van der Waals surface area contributed by atoms with Gasteiger partial charge in [-0.3, -0.25) is 4.79 Å². The highest BCUT2D eigenvalue weighted by Crippen LogP contribution is 2.30. The number of rotatable bonds is 4. The molecular formula is C20H23N7O2. The van der Waals surface area contributed by atoms with Gasteiger partial charge in [0.2, 0.25) is 0 Å². The quantitative estimate of drug-likeness (QED) is 0.692. The number of hydrogen-bond donors (Lipinski definition) is 2. The molecule has 3 heterocycles. The van der Waals surface area contributed by atoms with Gasteiger partial charge in [-0.1, -0.05) is 0 Å². The minimum Gasteiger partial charge on any atom is -0.467 e. The molecule has 1 aliphatic heterocycles. The van der Waals surface area contributed by atoms with Crippen molar-refractivity contribution in [1.82, 2.24) is 25.5 Å². The highest BCUT2D eigenvalue weighted by molar-refractivity contribution is 6.13. The molecule has 0 unspecified atom stereocenters. The molecule has 1 aromatic carbocycles. The molecule has 0 aliphatic carbocycles. The fraction of sp³-hybridized carbons (Fsp3) is 0.350. The van der Waals surface area contributed by atoms with E-state index in [1.165, 1.54) is 7.11 Å². The first-order chi connectivity index (χ1) is 14.0. The first-order valence-corrected chi connectivity index (χ1v) is 9.49. The lowest BCUT2D eigenvalue weighted by Gasteiger charge is -2.38. The van der Waals surface area contributed by atoms with Gasteiger partial charge in [0.05, 0.1) is 18.2 Å². The minimum absolute atomic E-state index is 0.213. The van der Waals surface area contributed by atoms with Crippen LogP contribution >= 0.6 is 0 Å². The molecule has 1 amide bonds. The van der Waals surface area contributed by atoms with Crippen LogP contribution in [0.1, 0.15) is 24.2 Å². The summed E-state index contributed by atoms with van der Waals surface area (Å²) in [5, 5.41) is 14.8. The second-order valence-corrected chi connectivity index (χ2v) is 7.19. The average Bonchev–Trinajstić information content (AvgIpc) is 2.72. The number of hydrogen-bond acceptors (Lipinski definition) is 8. The van der Waals surface area contributed by atoms with E-state index in [1.54, 1.807) is 30.6 Å². The standard InChI is InChI=1S/C20H23N7O2/c1-12-10-27(11-13(2)23-12)16-7-6-14(18-15(16)9-21-20(25-18)29-3)19(28)24-17-5-4-8-22-26-17/h4-9,12-13,23H,10-11H2,1-3H3,(H,24,26,28)/t12-,13+. The predicted octanol–water partition coefficient (Wildman–Crippen LogP) is 1.87. The number of carbonyl (C=O) groups is 1. The van der Waals surface area contributed by atoms with E-state index in [-0.39, 0.29) is 11.9 Å². The number of piperazine rings is 1. The number of amides is 1. The van der Waals surface area contributed by atoms with Crippen molar-refractivity contribution in [2.75, 3.05) is 30.4 Å². The Morgan fingerprint density at radius 1 is 1.24 bits per heavy atom. The van der Waals surface area contributed by atoms with Crippen molar-refractivity contribution in [2.45, 2.75) is 25.9 Å². The summed E-state index contributed by atoms with van der Waals surface area (Å²) in [6, 6.07) is 8.05. The largest absolute Gasteiger partial charge is 0.467 e. The van der Waals surface area contributed by atoms with Crippen LogP contribution in [0.5, 0.6) is 6.01 Å². The highest BCUT2D eigenvalue weighted by Gasteiger charge is 2.24. The molecule has 0 spiro atoms. The number of methoxy groups -OCH3 is 1. The Kier molecular flexibility index (Phi) is 5.22. The number of nitrogens with one attached hydrogen (secondary N) is 2. The Labute approximate surface area is 168 Å². The summed E-state index contributed by atoms with van der Waals surface area (Å²) < 4.78 is 5.19. The molecular weight excluding hydrogens is 370 g/mol. The molecule has 2 aromatic heterocycles. The fourth-order valence-electron chi connectivity index (χ4n) is 3.72. The lowest BCUT2D eigenvalue weighted by molar-refractivity contribution is 0.102. The predicted molar refractivity (Wildman–Crippen MR) is 110 cm³/mol. The molecule has 3 aromatic rings. The molecule has 0 bridgehead atoms. The van der Waals surface area contributed by atoms with Crippen molar-refractivity contribution in [1.29, 1.82) is 0 Å². The van der Waals surface area contributed by atoms with Gasteiger partial charge in [-0.25, -0.2) is 4.98 Å². The number of carbonyl (C=O) groups excluding carboxylic acids is 1. The van der Waals surface area contributed by atoms with Crippen molar-refractivity contribution < 1.29 is 9.53 Å². The summed E-state index contributed by atoms with van der Waals surface area (Å²) in [5.74, 6) is 0.0605. The van der Waals surface area contributed by atoms with Gasteiger partial charge in [0.15, 0.2) is 5.82 Å². The van der Waals surface area contributed by atoms with Crippen molar-refractivity contribution in [3.8, 4) is 6.01 Å². The maximum Gasteiger partial charge on any atom is 0.316 e. The van der Waals surface area contributed by atoms with E-state index in [4.69, 9.17) is 4.74 Å². The normalized spacial score (nSPS) is 19.2. The molecule has 2 atom stereocenters. The van der Waals surface area contributed by atoms with Crippen molar-refractivity contribution in [2.24, 2.45) is 0 Å². The summed E-state index contributed by atoms with van der Waals surface area (Å²) in [4.78, 5) is 24.0. The molecule has 1 fully saturated rings. The molecule has 1 saturated heterocycles. The summed E-state index contributed by atoms with van der Waals surface area (Å²) in [6.45, 7) is 6.04. The van der Waals surface area contributed by atoms with Gasteiger partial charge in [-0.15, -0.1) is 5.10 Å².